The second-order valence-electron chi connectivity index (χ2n) is 3.42. The van der Waals surface area contributed by atoms with Gasteiger partial charge in [0.1, 0.15) is 0 Å². The van der Waals surface area contributed by atoms with Crippen molar-refractivity contribution >= 4 is 12.6 Å². The van der Waals surface area contributed by atoms with Gasteiger partial charge in [-0.3, -0.25) is 0 Å². The highest BCUT2D eigenvalue weighted by molar-refractivity contribution is 7.80. The molecule has 1 saturated carbocycles. The van der Waals surface area contributed by atoms with Gasteiger partial charge in [-0.2, -0.15) is 12.6 Å². The van der Waals surface area contributed by atoms with E-state index >= 15 is 0 Å². The molecule has 0 spiro atoms. The SMILES string of the molecule is OC1(C(S)c2ccccc2)CC1. The molecule has 1 aliphatic carbocycles. The average molecular weight is 180 g/mol. The second kappa shape index (κ2) is 2.79. The molecule has 0 saturated heterocycles. The Balaban J connectivity index is 2.20. The number of hydrogen-bond donors (Lipinski definition) is 2. The van der Waals surface area contributed by atoms with E-state index in [0.29, 0.717) is 0 Å². The Kier molecular flexibility index (Phi) is 1.89. The van der Waals surface area contributed by atoms with Crippen molar-refractivity contribution in [3.63, 3.8) is 0 Å². The van der Waals surface area contributed by atoms with Gasteiger partial charge in [-0.1, -0.05) is 30.3 Å². The molecular weight excluding hydrogens is 168 g/mol. The first-order chi connectivity index (χ1) is 5.72. The highest BCUT2D eigenvalue weighted by Gasteiger charge is 2.46. The summed E-state index contributed by atoms with van der Waals surface area (Å²) in [6.07, 6.45) is 1.77. The van der Waals surface area contributed by atoms with E-state index in [2.05, 4.69) is 12.6 Å². The van der Waals surface area contributed by atoms with Gasteiger partial charge in [-0.15, -0.1) is 0 Å². The van der Waals surface area contributed by atoms with E-state index in [4.69, 9.17) is 0 Å². The fourth-order valence-electron chi connectivity index (χ4n) is 1.35. The Morgan fingerprint density at radius 1 is 1.25 bits per heavy atom. The number of thiol groups is 1. The standard InChI is InChI=1S/C10H12OS/c11-10(6-7-10)9(12)8-4-2-1-3-5-8/h1-5,9,11-12H,6-7H2. The lowest BCUT2D eigenvalue weighted by atomic mass is 10.1. The van der Waals surface area contributed by atoms with E-state index in [9.17, 15) is 5.11 Å². The van der Waals surface area contributed by atoms with Crippen molar-refractivity contribution in [1.29, 1.82) is 0 Å². The Labute approximate surface area is 77.8 Å². The van der Waals surface area contributed by atoms with E-state index in [1.165, 1.54) is 0 Å². The minimum Gasteiger partial charge on any atom is -0.388 e. The number of hydrogen-bond acceptors (Lipinski definition) is 2. The first kappa shape index (κ1) is 8.14. The molecular formula is C10H12OS. The zero-order chi connectivity index (χ0) is 8.60. The van der Waals surface area contributed by atoms with E-state index < -0.39 is 5.60 Å². The Morgan fingerprint density at radius 2 is 1.83 bits per heavy atom. The van der Waals surface area contributed by atoms with Crippen molar-refractivity contribution in [2.24, 2.45) is 0 Å². The molecule has 1 nitrogen and oxygen atoms in total. The lowest BCUT2D eigenvalue weighted by Crippen LogP contribution is -2.14. The van der Waals surface area contributed by atoms with Crippen LogP contribution in [0.5, 0.6) is 0 Å². The molecule has 0 aromatic heterocycles. The van der Waals surface area contributed by atoms with Crippen LogP contribution in [0.1, 0.15) is 23.7 Å². The van der Waals surface area contributed by atoms with Crippen molar-refractivity contribution in [3.05, 3.63) is 35.9 Å². The molecule has 0 bridgehead atoms. The van der Waals surface area contributed by atoms with E-state index in [1.54, 1.807) is 0 Å². The minimum absolute atomic E-state index is 0.0151. The van der Waals surface area contributed by atoms with Crippen LogP contribution in [0.15, 0.2) is 30.3 Å². The van der Waals surface area contributed by atoms with Crippen molar-refractivity contribution in [1.82, 2.24) is 0 Å². The largest absolute Gasteiger partial charge is 0.388 e. The van der Waals surface area contributed by atoms with Crippen LogP contribution in [0.3, 0.4) is 0 Å². The molecule has 1 N–H and O–H groups in total. The van der Waals surface area contributed by atoms with E-state index in [0.717, 1.165) is 18.4 Å². The Bertz CT molecular complexity index is 266. The van der Waals surface area contributed by atoms with Crippen LogP contribution in [0.2, 0.25) is 0 Å². The predicted octanol–water partition coefficient (Wildman–Crippen LogP) is 2.18. The highest BCUT2D eigenvalue weighted by Crippen LogP contribution is 2.48. The third-order valence-electron chi connectivity index (χ3n) is 2.39. The molecule has 0 aliphatic heterocycles. The van der Waals surface area contributed by atoms with E-state index in [1.807, 2.05) is 30.3 Å². The molecule has 1 unspecified atom stereocenters. The lowest BCUT2D eigenvalue weighted by molar-refractivity contribution is 0.148. The molecule has 64 valence electrons. The maximum Gasteiger partial charge on any atom is 0.0806 e. The summed E-state index contributed by atoms with van der Waals surface area (Å²) in [7, 11) is 0. The van der Waals surface area contributed by atoms with Gasteiger partial charge >= 0.3 is 0 Å². The summed E-state index contributed by atoms with van der Waals surface area (Å²) in [5.41, 5.74) is 0.589. The van der Waals surface area contributed by atoms with Crippen LogP contribution in [0.25, 0.3) is 0 Å². The van der Waals surface area contributed by atoms with Gasteiger partial charge in [0.05, 0.1) is 10.9 Å². The molecule has 2 heteroatoms. The normalized spacial score (nSPS) is 21.8. The number of benzene rings is 1. The third-order valence-corrected chi connectivity index (χ3v) is 3.17. The molecule has 1 aromatic carbocycles. The first-order valence-electron chi connectivity index (χ1n) is 4.18. The molecule has 0 radical (unpaired) electrons. The molecule has 1 atom stereocenters. The van der Waals surface area contributed by atoms with Crippen LogP contribution < -0.4 is 0 Å². The fourth-order valence-corrected chi connectivity index (χ4v) is 1.78. The summed E-state index contributed by atoms with van der Waals surface area (Å²) in [5, 5.41) is 9.76. The lowest BCUT2D eigenvalue weighted by Gasteiger charge is -2.16. The molecule has 1 aromatic rings. The summed E-state index contributed by atoms with van der Waals surface area (Å²) in [4.78, 5) is 0. The van der Waals surface area contributed by atoms with Gasteiger partial charge in [0.15, 0.2) is 0 Å². The van der Waals surface area contributed by atoms with Crippen LogP contribution in [-0.2, 0) is 0 Å². The first-order valence-corrected chi connectivity index (χ1v) is 4.69. The summed E-state index contributed by atoms with van der Waals surface area (Å²) in [5.74, 6) is 0. The third kappa shape index (κ3) is 1.37. The summed E-state index contributed by atoms with van der Waals surface area (Å²) in [6, 6.07) is 9.94. The van der Waals surface area contributed by atoms with Crippen molar-refractivity contribution in [2.75, 3.05) is 0 Å². The van der Waals surface area contributed by atoms with Gasteiger partial charge in [0, 0.05) is 0 Å². The van der Waals surface area contributed by atoms with Gasteiger partial charge in [0.25, 0.3) is 0 Å². The molecule has 0 heterocycles. The van der Waals surface area contributed by atoms with Crippen LogP contribution in [-0.4, -0.2) is 10.7 Å². The average Bonchev–Trinajstić information content (AvgIpc) is 2.85. The number of aliphatic hydroxyl groups is 1. The zero-order valence-corrected chi connectivity index (χ0v) is 7.67. The van der Waals surface area contributed by atoms with Crippen LogP contribution >= 0.6 is 12.6 Å². The van der Waals surface area contributed by atoms with Crippen LogP contribution in [0.4, 0.5) is 0 Å². The summed E-state index contributed by atoms with van der Waals surface area (Å²) >= 11 is 4.41. The summed E-state index contributed by atoms with van der Waals surface area (Å²) < 4.78 is 0. The zero-order valence-electron chi connectivity index (χ0n) is 6.77. The maximum absolute atomic E-state index is 9.77. The number of rotatable bonds is 2. The highest BCUT2D eigenvalue weighted by atomic mass is 32.1. The quantitative estimate of drug-likeness (QED) is 0.668. The molecule has 0 amide bonds. The van der Waals surface area contributed by atoms with Gasteiger partial charge in [-0.25, -0.2) is 0 Å². The van der Waals surface area contributed by atoms with Crippen LogP contribution in [0, 0.1) is 0 Å². The fraction of sp³-hybridized carbons (Fsp3) is 0.400. The topological polar surface area (TPSA) is 20.2 Å². The molecule has 1 fully saturated rings. The second-order valence-corrected chi connectivity index (χ2v) is 3.93. The maximum atomic E-state index is 9.77. The van der Waals surface area contributed by atoms with Crippen molar-refractivity contribution in [2.45, 2.75) is 23.7 Å². The van der Waals surface area contributed by atoms with Gasteiger partial charge in [-0.05, 0) is 18.4 Å². The van der Waals surface area contributed by atoms with Crippen molar-refractivity contribution < 1.29 is 5.11 Å². The Hall–Kier alpha value is -0.470. The van der Waals surface area contributed by atoms with E-state index in [-0.39, 0.29) is 5.25 Å². The van der Waals surface area contributed by atoms with Gasteiger partial charge in [0.2, 0.25) is 0 Å². The smallest absolute Gasteiger partial charge is 0.0806 e. The van der Waals surface area contributed by atoms with Gasteiger partial charge < -0.3 is 5.11 Å². The summed E-state index contributed by atoms with van der Waals surface area (Å²) in [6.45, 7) is 0. The molecule has 2 rings (SSSR count). The molecule has 12 heavy (non-hydrogen) atoms. The predicted molar refractivity (Wildman–Crippen MR) is 52.4 cm³/mol. The minimum atomic E-state index is -0.523. The molecule has 1 aliphatic rings. The van der Waals surface area contributed by atoms with Crippen molar-refractivity contribution in [3.8, 4) is 0 Å². The monoisotopic (exact) mass is 180 g/mol. The Morgan fingerprint density at radius 3 is 2.33 bits per heavy atom.